The fourth-order valence-corrected chi connectivity index (χ4v) is 2.29. The Morgan fingerprint density at radius 2 is 1.53 bits per heavy atom. The van der Waals surface area contributed by atoms with Gasteiger partial charge >= 0.3 is 0 Å². The van der Waals surface area contributed by atoms with Gasteiger partial charge in [-0.25, -0.2) is 0 Å². The summed E-state index contributed by atoms with van der Waals surface area (Å²) in [6.07, 6.45) is 0. The molecule has 19 heavy (non-hydrogen) atoms. The van der Waals surface area contributed by atoms with Gasteiger partial charge in [0.05, 0.1) is 11.1 Å². The van der Waals surface area contributed by atoms with Gasteiger partial charge in [-0.15, -0.1) is 0 Å². The van der Waals surface area contributed by atoms with Crippen LogP contribution < -0.4 is 5.73 Å². The monoisotopic (exact) mass is 257 g/mol. The van der Waals surface area contributed by atoms with Crippen LogP contribution in [0.2, 0.25) is 0 Å². The minimum atomic E-state index is -0.320. The van der Waals surface area contributed by atoms with Crippen molar-refractivity contribution >= 4 is 27.2 Å². The van der Waals surface area contributed by atoms with Crippen molar-refractivity contribution in [1.82, 2.24) is 0 Å². The van der Waals surface area contributed by atoms with E-state index in [-0.39, 0.29) is 34.1 Å². The molecule has 0 unspecified atom stereocenters. The molecule has 0 saturated carbocycles. The molecule has 0 heterocycles. The standard InChI is InChI=1S/C14H11NO4/c15-13-9-4-7(16)5-11(18)8(9)3-6-1-2-10(17)14(19)12(6)13/h1-5,16-19H,15H2. The van der Waals surface area contributed by atoms with Crippen LogP contribution >= 0.6 is 0 Å². The van der Waals surface area contributed by atoms with Gasteiger partial charge in [0.25, 0.3) is 0 Å². The highest BCUT2D eigenvalue weighted by atomic mass is 16.3. The van der Waals surface area contributed by atoms with Crippen molar-refractivity contribution in [3.05, 3.63) is 30.3 Å². The lowest BCUT2D eigenvalue weighted by Gasteiger charge is -2.11. The van der Waals surface area contributed by atoms with E-state index in [0.29, 0.717) is 16.2 Å². The molecular formula is C14H11NO4. The molecule has 6 N–H and O–H groups in total. The summed E-state index contributed by atoms with van der Waals surface area (Å²) in [5, 5.41) is 40.5. The first-order valence-corrected chi connectivity index (χ1v) is 5.58. The number of nitrogen functional groups attached to an aromatic ring is 1. The number of hydrogen-bond acceptors (Lipinski definition) is 5. The normalized spacial score (nSPS) is 11.2. The van der Waals surface area contributed by atoms with Gasteiger partial charge in [-0.1, -0.05) is 6.07 Å². The van der Waals surface area contributed by atoms with Crippen molar-refractivity contribution in [3.8, 4) is 23.0 Å². The summed E-state index contributed by atoms with van der Waals surface area (Å²) in [6.45, 7) is 0. The van der Waals surface area contributed by atoms with Gasteiger partial charge in [-0.05, 0) is 23.6 Å². The smallest absolute Gasteiger partial charge is 0.167 e. The molecule has 0 atom stereocenters. The van der Waals surface area contributed by atoms with Gasteiger partial charge in [0.15, 0.2) is 11.5 Å². The Bertz CT molecular complexity index is 827. The first kappa shape index (κ1) is 11.3. The number of fused-ring (bicyclic) bond motifs is 2. The molecule has 5 nitrogen and oxygen atoms in total. The Morgan fingerprint density at radius 3 is 2.26 bits per heavy atom. The van der Waals surface area contributed by atoms with Crippen molar-refractivity contribution in [3.63, 3.8) is 0 Å². The number of phenols is 4. The zero-order valence-corrected chi connectivity index (χ0v) is 9.75. The Kier molecular flexibility index (Phi) is 2.13. The molecule has 5 heteroatoms. The van der Waals surface area contributed by atoms with Crippen molar-refractivity contribution < 1.29 is 20.4 Å². The molecule has 3 aromatic carbocycles. The van der Waals surface area contributed by atoms with E-state index in [1.807, 2.05) is 0 Å². The molecular weight excluding hydrogens is 246 g/mol. The lowest BCUT2D eigenvalue weighted by atomic mass is 9.99. The highest BCUT2D eigenvalue weighted by Crippen LogP contribution is 2.43. The van der Waals surface area contributed by atoms with Crippen molar-refractivity contribution in [2.24, 2.45) is 0 Å². The molecule has 3 aromatic rings. The predicted molar refractivity (Wildman–Crippen MR) is 72.5 cm³/mol. The average Bonchev–Trinajstić information content (AvgIpc) is 2.35. The van der Waals surface area contributed by atoms with E-state index in [9.17, 15) is 20.4 Å². The fourth-order valence-electron chi connectivity index (χ4n) is 2.29. The van der Waals surface area contributed by atoms with Crippen LogP contribution in [0, 0.1) is 0 Å². The maximum absolute atomic E-state index is 9.88. The minimum absolute atomic E-state index is 0.101. The van der Waals surface area contributed by atoms with E-state index < -0.39 is 0 Å². The highest BCUT2D eigenvalue weighted by molar-refractivity contribution is 6.14. The predicted octanol–water partition coefficient (Wildman–Crippen LogP) is 2.40. The minimum Gasteiger partial charge on any atom is -0.508 e. The van der Waals surface area contributed by atoms with Gasteiger partial charge in [0, 0.05) is 16.8 Å². The molecule has 0 fully saturated rings. The Balaban J connectivity index is 2.61. The van der Waals surface area contributed by atoms with Gasteiger partial charge in [0.1, 0.15) is 11.5 Å². The third-order valence-electron chi connectivity index (χ3n) is 3.19. The van der Waals surface area contributed by atoms with E-state index in [2.05, 4.69) is 0 Å². The fraction of sp³-hybridized carbons (Fsp3) is 0. The quantitative estimate of drug-likeness (QED) is 0.241. The average molecular weight is 257 g/mol. The van der Waals surface area contributed by atoms with Crippen LogP contribution in [-0.4, -0.2) is 20.4 Å². The number of phenolic OH excluding ortho intramolecular Hbond substituents is 4. The largest absolute Gasteiger partial charge is 0.508 e. The number of hydrogen-bond donors (Lipinski definition) is 5. The number of benzene rings is 3. The van der Waals surface area contributed by atoms with E-state index in [4.69, 9.17) is 5.73 Å². The summed E-state index contributed by atoms with van der Waals surface area (Å²) in [5.74, 6) is -0.825. The summed E-state index contributed by atoms with van der Waals surface area (Å²) in [7, 11) is 0. The van der Waals surface area contributed by atoms with Gasteiger partial charge < -0.3 is 26.2 Å². The van der Waals surface area contributed by atoms with Gasteiger partial charge in [-0.3, -0.25) is 0 Å². The topological polar surface area (TPSA) is 107 Å². The van der Waals surface area contributed by atoms with Crippen LogP contribution in [0.25, 0.3) is 21.5 Å². The van der Waals surface area contributed by atoms with Crippen molar-refractivity contribution in [1.29, 1.82) is 0 Å². The third-order valence-corrected chi connectivity index (χ3v) is 3.19. The SMILES string of the molecule is Nc1c2cc(O)cc(O)c2cc2ccc(O)c(O)c12. The number of nitrogens with two attached hydrogens (primary N) is 1. The molecule has 0 radical (unpaired) electrons. The molecule has 96 valence electrons. The van der Waals surface area contributed by atoms with Crippen LogP contribution in [0.3, 0.4) is 0 Å². The summed E-state index contributed by atoms with van der Waals surface area (Å²) < 4.78 is 0. The van der Waals surface area contributed by atoms with Gasteiger partial charge in [0.2, 0.25) is 0 Å². The second-order valence-electron chi connectivity index (χ2n) is 4.38. The van der Waals surface area contributed by atoms with E-state index in [0.717, 1.165) is 0 Å². The number of anilines is 1. The molecule has 0 saturated heterocycles. The van der Waals surface area contributed by atoms with E-state index in [1.54, 1.807) is 12.1 Å². The van der Waals surface area contributed by atoms with Crippen LogP contribution in [0.4, 0.5) is 5.69 Å². The van der Waals surface area contributed by atoms with Crippen LogP contribution in [0.1, 0.15) is 0 Å². The Labute approximate surface area is 107 Å². The summed E-state index contributed by atoms with van der Waals surface area (Å²) in [4.78, 5) is 0. The first-order chi connectivity index (χ1) is 8.99. The summed E-state index contributed by atoms with van der Waals surface area (Å²) in [6, 6.07) is 7.18. The van der Waals surface area contributed by atoms with Crippen molar-refractivity contribution in [2.75, 3.05) is 5.73 Å². The maximum atomic E-state index is 9.88. The van der Waals surface area contributed by atoms with Crippen LogP contribution in [0.15, 0.2) is 30.3 Å². The van der Waals surface area contributed by atoms with E-state index >= 15 is 0 Å². The Morgan fingerprint density at radius 1 is 0.789 bits per heavy atom. The van der Waals surface area contributed by atoms with Gasteiger partial charge in [-0.2, -0.15) is 0 Å². The molecule has 0 amide bonds. The third kappa shape index (κ3) is 1.48. The molecule has 0 aromatic heterocycles. The molecule has 0 bridgehead atoms. The van der Waals surface area contributed by atoms with Crippen LogP contribution in [-0.2, 0) is 0 Å². The van der Waals surface area contributed by atoms with Crippen LogP contribution in [0.5, 0.6) is 23.0 Å². The summed E-state index contributed by atoms with van der Waals surface area (Å²) >= 11 is 0. The second-order valence-corrected chi connectivity index (χ2v) is 4.38. The van der Waals surface area contributed by atoms with E-state index in [1.165, 1.54) is 18.2 Å². The van der Waals surface area contributed by atoms with Crippen molar-refractivity contribution in [2.45, 2.75) is 0 Å². The molecule has 3 rings (SSSR count). The summed E-state index contributed by atoms with van der Waals surface area (Å²) in [5.41, 5.74) is 6.16. The maximum Gasteiger partial charge on any atom is 0.167 e. The number of rotatable bonds is 0. The lowest BCUT2D eigenvalue weighted by molar-refractivity contribution is 0.408. The zero-order chi connectivity index (χ0) is 13.7. The molecule has 0 aliphatic rings. The molecule has 0 aliphatic heterocycles. The Hall–Kier alpha value is -2.82. The highest BCUT2D eigenvalue weighted by Gasteiger charge is 2.14. The molecule has 0 aliphatic carbocycles. The second kappa shape index (κ2) is 3.58. The lowest BCUT2D eigenvalue weighted by Crippen LogP contribution is -1.91. The first-order valence-electron chi connectivity index (χ1n) is 5.58. The number of aromatic hydroxyl groups is 4. The molecule has 0 spiro atoms. The zero-order valence-electron chi connectivity index (χ0n) is 9.75.